The molecule has 2 aromatic carbocycles. The minimum atomic E-state index is -0.302. The second-order valence-corrected chi connectivity index (χ2v) is 5.60. The van der Waals surface area contributed by atoms with Gasteiger partial charge in [0.25, 0.3) is 5.91 Å². The second kappa shape index (κ2) is 7.00. The van der Waals surface area contributed by atoms with E-state index in [9.17, 15) is 4.79 Å². The molecule has 0 radical (unpaired) electrons. The summed E-state index contributed by atoms with van der Waals surface area (Å²) in [6, 6.07) is 15.5. The summed E-state index contributed by atoms with van der Waals surface area (Å²) >= 11 is 0. The Hall–Kier alpha value is -3.08. The molecule has 0 spiro atoms. The number of fused-ring (bicyclic) bond motifs is 1. The van der Waals surface area contributed by atoms with Crippen LogP contribution in [-0.2, 0) is 4.79 Å². The first-order valence-electron chi connectivity index (χ1n) is 7.72. The molecular weight excluding hydrogens is 302 g/mol. The van der Waals surface area contributed by atoms with Crippen LogP contribution in [0.5, 0.6) is 5.75 Å². The van der Waals surface area contributed by atoms with Crippen molar-refractivity contribution in [1.82, 2.24) is 10.4 Å². The molecule has 1 amide bonds. The maximum atomic E-state index is 11.8. The number of carbonyl (C=O) groups is 1. The lowest BCUT2D eigenvalue weighted by Crippen LogP contribution is -2.24. The summed E-state index contributed by atoms with van der Waals surface area (Å²) < 4.78 is 5.41. The third-order valence-corrected chi connectivity index (χ3v) is 3.72. The molecule has 0 saturated carbocycles. The minimum absolute atomic E-state index is 0.0761. The molecule has 1 aromatic heterocycles. The fourth-order valence-corrected chi connectivity index (χ4v) is 2.45. The zero-order valence-electron chi connectivity index (χ0n) is 13.7. The summed E-state index contributed by atoms with van der Waals surface area (Å²) in [5, 5.41) is 5.10. The molecule has 3 aromatic rings. The van der Waals surface area contributed by atoms with Gasteiger partial charge in [-0.25, -0.2) is 5.43 Å². The van der Waals surface area contributed by atoms with Gasteiger partial charge in [-0.3, -0.25) is 4.79 Å². The Labute approximate surface area is 140 Å². The Morgan fingerprint density at radius 3 is 2.71 bits per heavy atom. The normalized spacial score (nSPS) is 11.1. The van der Waals surface area contributed by atoms with Gasteiger partial charge >= 0.3 is 0 Å². The van der Waals surface area contributed by atoms with Crippen molar-refractivity contribution in [1.29, 1.82) is 0 Å². The van der Waals surface area contributed by atoms with Gasteiger partial charge in [-0.2, -0.15) is 5.10 Å². The van der Waals surface area contributed by atoms with Crippen LogP contribution < -0.4 is 10.2 Å². The van der Waals surface area contributed by atoms with E-state index in [1.54, 1.807) is 6.21 Å². The Balaban J connectivity index is 1.58. The van der Waals surface area contributed by atoms with Gasteiger partial charge in [-0.1, -0.05) is 35.9 Å². The van der Waals surface area contributed by atoms with Gasteiger partial charge in [-0.05, 0) is 32.0 Å². The summed E-state index contributed by atoms with van der Waals surface area (Å²) in [4.78, 5) is 15.1. The molecule has 0 unspecified atom stereocenters. The number of nitrogens with one attached hydrogen (secondary N) is 2. The van der Waals surface area contributed by atoms with Gasteiger partial charge < -0.3 is 9.72 Å². The molecule has 0 aliphatic carbocycles. The zero-order valence-corrected chi connectivity index (χ0v) is 13.7. The van der Waals surface area contributed by atoms with Crippen molar-refractivity contribution in [3.05, 3.63) is 65.4 Å². The van der Waals surface area contributed by atoms with Crippen molar-refractivity contribution < 1.29 is 9.53 Å². The van der Waals surface area contributed by atoms with Crippen molar-refractivity contribution >= 4 is 23.0 Å². The largest absolute Gasteiger partial charge is 0.484 e. The first kappa shape index (κ1) is 15.8. The van der Waals surface area contributed by atoms with Gasteiger partial charge in [0.1, 0.15) is 5.75 Å². The Morgan fingerprint density at radius 2 is 1.92 bits per heavy atom. The lowest BCUT2D eigenvalue weighted by molar-refractivity contribution is -0.123. The van der Waals surface area contributed by atoms with Gasteiger partial charge in [0, 0.05) is 22.2 Å². The molecule has 0 bridgehead atoms. The van der Waals surface area contributed by atoms with Crippen molar-refractivity contribution in [2.24, 2.45) is 5.10 Å². The summed E-state index contributed by atoms with van der Waals surface area (Å²) in [7, 11) is 0. The Kier molecular flexibility index (Phi) is 4.61. The molecule has 5 nitrogen and oxygen atoms in total. The van der Waals surface area contributed by atoms with Crippen LogP contribution in [0.25, 0.3) is 10.9 Å². The van der Waals surface area contributed by atoms with E-state index in [2.05, 4.69) is 15.5 Å². The van der Waals surface area contributed by atoms with Crippen LogP contribution in [0.3, 0.4) is 0 Å². The fraction of sp³-hybridized carbons (Fsp3) is 0.158. The predicted molar refractivity (Wildman–Crippen MR) is 95.4 cm³/mol. The summed E-state index contributed by atoms with van der Waals surface area (Å²) in [5.41, 5.74) is 6.64. The summed E-state index contributed by atoms with van der Waals surface area (Å²) in [5.74, 6) is 0.358. The van der Waals surface area contributed by atoms with Crippen molar-refractivity contribution in [2.45, 2.75) is 13.8 Å². The van der Waals surface area contributed by atoms with E-state index >= 15 is 0 Å². The van der Waals surface area contributed by atoms with E-state index in [0.29, 0.717) is 5.75 Å². The number of rotatable bonds is 5. The summed E-state index contributed by atoms with van der Waals surface area (Å²) in [6.45, 7) is 3.90. The molecule has 5 heteroatoms. The molecule has 1 heterocycles. The van der Waals surface area contributed by atoms with Crippen LogP contribution in [0.15, 0.2) is 53.6 Å². The number of hydrazone groups is 1. The van der Waals surface area contributed by atoms with Gasteiger partial charge in [0.2, 0.25) is 0 Å². The van der Waals surface area contributed by atoms with Gasteiger partial charge in [0.15, 0.2) is 6.61 Å². The summed E-state index contributed by atoms with van der Waals surface area (Å²) in [6.07, 6.45) is 1.65. The number of amides is 1. The Bertz CT molecular complexity index is 879. The number of ether oxygens (including phenoxy) is 1. The van der Waals surface area contributed by atoms with Gasteiger partial charge in [0.05, 0.1) is 6.21 Å². The first-order chi connectivity index (χ1) is 11.6. The topological polar surface area (TPSA) is 66.5 Å². The minimum Gasteiger partial charge on any atom is -0.484 e. The van der Waals surface area contributed by atoms with E-state index in [1.165, 1.54) is 0 Å². The smallest absolute Gasteiger partial charge is 0.277 e. The number of aryl methyl sites for hydroxylation is 2. The third-order valence-electron chi connectivity index (χ3n) is 3.72. The molecule has 0 atom stereocenters. The number of aromatic amines is 1. The molecule has 0 fully saturated rings. The molecule has 2 N–H and O–H groups in total. The number of aromatic nitrogens is 1. The Morgan fingerprint density at radius 1 is 1.17 bits per heavy atom. The number of nitrogens with zero attached hydrogens (tertiary/aromatic N) is 1. The lowest BCUT2D eigenvalue weighted by atomic mass is 10.1. The van der Waals surface area contributed by atoms with Crippen molar-refractivity contribution in [3.63, 3.8) is 0 Å². The highest BCUT2D eigenvalue weighted by molar-refractivity contribution is 6.00. The number of H-pyrrole nitrogens is 1. The molecule has 0 aliphatic rings. The first-order valence-corrected chi connectivity index (χ1v) is 7.72. The second-order valence-electron chi connectivity index (χ2n) is 5.60. The van der Waals surface area contributed by atoms with E-state index < -0.39 is 0 Å². The monoisotopic (exact) mass is 321 g/mol. The molecule has 122 valence electrons. The van der Waals surface area contributed by atoms with Crippen molar-refractivity contribution in [2.75, 3.05) is 6.61 Å². The van der Waals surface area contributed by atoms with Crippen LogP contribution in [0.4, 0.5) is 0 Å². The van der Waals surface area contributed by atoms with E-state index in [1.807, 2.05) is 62.4 Å². The number of hydrogen-bond donors (Lipinski definition) is 2. The number of hydrogen-bond acceptors (Lipinski definition) is 3. The molecule has 3 rings (SSSR count). The highest BCUT2D eigenvalue weighted by Gasteiger charge is 2.06. The fourth-order valence-electron chi connectivity index (χ4n) is 2.45. The molecular formula is C19H19N3O2. The van der Waals surface area contributed by atoms with E-state index in [-0.39, 0.29) is 12.5 Å². The quantitative estimate of drug-likeness (QED) is 0.559. The SMILES string of the molecule is Cc1ccc(OCC(=O)NN=Cc2c(C)[nH]c3ccccc23)cc1. The number of carbonyl (C=O) groups excluding carboxylic acids is 1. The van der Waals surface area contributed by atoms with Crippen LogP contribution >= 0.6 is 0 Å². The number of para-hydroxylation sites is 1. The molecule has 0 aliphatic heterocycles. The third kappa shape index (κ3) is 3.63. The zero-order chi connectivity index (χ0) is 16.9. The average Bonchev–Trinajstić information content (AvgIpc) is 2.90. The number of benzene rings is 2. The average molecular weight is 321 g/mol. The highest BCUT2D eigenvalue weighted by atomic mass is 16.5. The van der Waals surface area contributed by atoms with Crippen molar-refractivity contribution in [3.8, 4) is 5.75 Å². The van der Waals surface area contributed by atoms with Crippen LogP contribution in [-0.4, -0.2) is 23.7 Å². The highest BCUT2D eigenvalue weighted by Crippen LogP contribution is 2.19. The van der Waals surface area contributed by atoms with Crippen LogP contribution in [0.1, 0.15) is 16.8 Å². The molecule has 0 saturated heterocycles. The maximum Gasteiger partial charge on any atom is 0.277 e. The van der Waals surface area contributed by atoms with E-state index in [4.69, 9.17) is 4.74 Å². The lowest BCUT2D eigenvalue weighted by Gasteiger charge is -2.05. The van der Waals surface area contributed by atoms with Gasteiger partial charge in [-0.15, -0.1) is 0 Å². The van der Waals surface area contributed by atoms with Crippen LogP contribution in [0.2, 0.25) is 0 Å². The van der Waals surface area contributed by atoms with Crippen LogP contribution in [0, 0.1) is 13.8 Å². The van der Waals surface area contributed by atoms with E-state index in [0.717, 1.165) is 27.7 Å². The standard InChI is InChI=1S/C19H19N3O2/c1-13-7-9-15(10-8-13)24-12-19(23)22-20-11-17-14(2)21-18-6-4-3-5-16(17)18/h3-11,21H,12H2,1-2H3,(H,22,23). The maximum absolute atomic E-state index is 11.8. The molecule has 24 heavy (non-hydrogen) atoms. The predicted octanol–water partition coefficient (Wildman–Crippen LogP) is 3.31.